The summed E-state index contributed by atoms with van der Waals surface area (Å²) in [6.07, 6.45) is 6.29. The number of carbonyl (C=O) groups excluding carboxylic acids is 2. The number of amides is 2. The maximum absolute atomic E-state index is 12.3. The molecule has 0 aliphatic carbocycles. The van der Waals surface area contributed by atoms with Gasteiger partial charge in [0.05, 0.1) is 17.2 Å². The van der Waals surface area contributed by atoms with Crippen LogP contribution in [0.5, 0.6) is 0 Å². The van der Waals surface area contributed by atoms with Gasteiger partial charge < -0.3 is 15.5 Å². The zero-order valence-electron chi connectivity index (χ0n) is 20.3. The molecule has 9 nitrogen and oxygen atoms in total. The third-order valence-electron chi connectivity index (χ3n) is 7.18. The molecule has 4 heterocycles. The van der Waals surface area contributed by atoms with Gasteiger partial charge in [-0.15, -0.1) is 0 Å². The van der Waals surface area contributed by atoms with E-state index in [9.17, 15) is 9.59 Å². The number of nitrogens with two attached hydrogens (primary N) is 1. The van der Waals surface area contributed by atoms with E-state index in [4.69, 9.17) is 10.7 Å². The van der Waals surface area contributed by atoms with Crippen molar-refractivity contribution in [3.8, 4) is 11.1 Å². The standard InChI is InChI=1S/C28H27N7O2/c29-28(37)25-7-8-27(36)35(25)22-4-1-19(2-5-22)20-3-6-23-24(17-20)32-26(18-31-23)34-15-13-33(14-16-34)21-9-11-30-12-10-21/h1-6,9-12,17-18,25H,7-8,13-16H2,(H2,29,37)/t25-/m0/s1. The molecule has 2 aromatic heterocycles. The van der Waals surface area contributed by atoms with Crippen LogP contribution in [0.15, 0.2) is 73.2 Å². The maximum atomic E-state index is 12.3. The van der Waals surface area contributed by atoms with Crippen molar-refractivity contribution in [2.75, 3.05) is 40.9 Å². The predicted octanol–water partition coefficient (Wildman–Crippen LogP) is 3.00. The lowest BCUT2D eigenvalue weighted by molar-refractivity contribution is -0.121. The number of aromatic nitrogens is 3. The highest BCUT2D eigenvalue weighted by molar-refractivity contribution is 6.03. The molecule has 0 unspecified atom stereocenters. The summed E-state index contributed by atoms with van der Waals surface area (Å²) in [5, 5.41) is 0. The molecule has 0 bridgehead atoms. The molecule has 6 rings (SSSR count). The molecule has 2 aromatic carbocycles. The number of hydrogen-bond donors (Lipinski definition) is 1. The normalized spacial score (nSPS) is 18.0. The van der Waals surface area contributed by atoms with Crippen LogP contribution in [0, 0.1) is 0 Å². The number of primary amides is 1. The summed E-state index contributed by atoms with van der Waals surface area (Å²) < 4.78 is 0. The summed E-state index contributed by atoms with van der Waals surface area (Å²) in [6.45, 7) is 3.55. The molecular weight excluding hydrogens is 466 g/mol. The van der Waals surface area contributed by atoms with E-state index in [-0.39, 0.29) is 5.91 Å². The van der Waals surface area contributed by atoms with Gasteiger partial charge in [-0.3, -0.25) is 24.5 Å². The summed E-state index contributed by atoms with van der Waals surface area (Å²) in [5.41, 5.74) is 11.1. The number of pyridine rings is 1. The van der Waals surface area contributed by atoms with Crippen LogP contribution in [0.4, 0.5) is 17.2 Å². The minimum Gasteiger partial charge on any atom is -0.368 e. The second-order valence-corrected chi connectivity index (χ2v) is 9.38. The third kappa shape index (κ3) is 4.44. The van der Waals surface area contributed by atoms with Gasteiger partial charge in [-0.2, -0.15) is 0 Å². The van der Waals surface area contributed by atoms with Crippen LogP contribution in [0.1, 0.15) is 12.8 Å². The van der Waals surface area contributed by atoms with E-state index in [0.717, 1.165) is 54.2 Å². The van der Waals surface area contributed by atoms with E-state index >= 15 is 0 Å². The zero-order valence-corrected chi connectivity index (χ0v) is 20.3. The Hall–Kier alpha value is -4.53. The van der Waals surface area contributed by atoms with Crippen LogP contribution in [0.2, 0.25) is 0 Å². The lowest BCUT2D eigenvalue weighted by Gasteiger charge is -2.36. The largest absolute Gasteiger partial charge is 0.368 e. The number of piperazine rings is 1. The smallest absolute Gasteiger partial charge is 0.240 e. The highest BCUT2D eigenvalue weighted by Gasteiger charge is 2.35. The second-order valence-electron chi connectivity index (χ2n) is 9.38. The number of nitrogens with zero attached hydrogens (tertiary/aromatic N) is 6. The van der Waals surface area contributed by atoms with E-state index in [1.54, 1.807) is 0 Å². The van der Waals surface area contributed by atoms with Gasteiger partial charge in [0.25, 0.3) is 0 Å². The van der Waals surface area contributed by atoms with Gasteiger partial charge in [0.15, 0.2) is 0 Å². The van der Waals surface area contributed by atoms with Crippen molar-refractivity contribution in [1.82, 2.24) is 15.0 Å². The highest BCUT2D eigenvalue weighted by atomic mass is 16.2. The summed E-state index contributed by atoms with van der Waals surface area (Å²) in [7, 11) is 0. The molecule has 2 saturated heterocycles. The van der Waals surface area contributed by atoms with Crippen molar-refractivity contribution in [1.29, 1.82) is 0 Å². The van der Waals surface area contributed by atoms with E-state index < -0.39 is 11.9 Å². The molecule has 9 heteroatoms. The van der Waals surface area contributed by atoms with Crippen LogP contribution < -0.4 is 20.4 Å². The summed E-state index contributed by atoms with van der Waals surface area (Å²) in [5.74, 6) is 0.323. The molecule has 4 aromatic rings. The van der Waals surface area contributed by atoms with E-state index in [1.807, 2.05) is 73.2 Å². The van der Waals surface area contributed by atoms with Gasteiger partial charge >= 0.3 is 0 Å². The first-order valence-electron chi connectivity index (χ1n) is 12.5. The van der Waals surface area contributed by atoms with Crippen LogP contribution >= 0.6 is 0 Å². The van der Waals surface area contributed by atoms with E-state index in [1.165, 1.54) is 10.6 Å². The minimum absolute atomic E-state index is 0.0772. The summed E-state index contributed by atoms with van der Waals surface area (Å²) in [4.78, 5) is 43.9. The molecule has 0 radical (unpaired) electrons. The lowest BCUT2D eigenvalue weighted by atomic mass is 10.0. The maximum Gasteiger partial charge on any atom is 0.240 e. The number of fused-ring (bicyclic) bond motifs is 1. The van der Waals surface area contributed by atoms with Gasteiger partial charge in [-0.1, -0.05) is 18.2 Å². The monoisotopic (exact) mass is 493 g/mol. The highest BCUT2D eigenvalue weighted by Crippen LogP contribution is 2.30. The van der Waals surface area contributed by atoms with Gasteiger partial charge in [0, 0.05) is 56.4 Å². The average molecular weight is 494 g/mol. The first kappa shape index (κ1) is 22.9. The molecule has 2 N–H and O–H groups in total. The van der Waals surface area contributed by atoms with Gasteiger partial charge in [-0.05, 0) is 53.9 Å². The van der Waals surface area contributed by atoms with E-state index in [2.05, 4.69) is 19.8 Å². The molecule has 37 heavy (non-hydrogen) atoms. The van der Waals surface area contributed by atoms with Crippen LogP contribution in [-0.2, 0) is 9.59 Å². The Morgan fingerprint density at radius 1 is 0.838 bits per heavy atom. The summed E-state index contributed by atoms with van der Waals surface area (Å²) >= 11 is 0. The van der Waals surface area contributed by atoms with Crippen LogP contribution in [-0.4, -0.2) is 59.0 Å². The first-order chi connectivity index (χ1) is 18.1. The molecule has 2 amide bonds. The Labute approximate surface area is 214 Å². The fourth-order valence-corrected chi connectivity index (χ4v) is 5.17. The van der Waals surface area contributed by atoms with Crippen molar-refractivity contribution < 1.29 is 9.59 Å². The van der Waals surface area contributed by atoms with Crippen molar-refractivity contribution in [2.24, 2.45) is 5.73 Å². The minimum atomic E-state index is -0.584. The molecule has 2 aliphatic rings. The van der Waals surface area contributed by atoms with Crippen molar-refractivity contribution in [3.05, 3.63) is 73.2 Å². The molecule has 2 aliphatic heterocycles. The van der Waals surface area contributed by atoms with Crippen molar-refractivity contribution >= 4 is 40.0 Å². The number of hydrogen-bond acceptors (Lipinski definition) is 7. The number of carbonyl (C=O) groups is 2. The Morgan fingerprint density at radius 3 is 2.27 bits per heavy atom. The van der Waals surface area contributed by atoms with Crippen molar-refractivity contribution in [3.63, 3.8) is 0 Å². The lowest BCUT2D eigenvalue weighted by Crippen LogP contribution is -2.46. The SMILES string of the molecule is NC(=O)[C@@H]1CCC(=O)N1c1ccc(-c2ccc3ncc(N4CCN(c5ccncc5)CC4)nc3c2)cc1. The molecule has 0 spiro atoms. The zero-order chi connectivity index (χ0) is 25.4. The Balaban J connectivity index is 1.21. The van der Waals surface area contributed by atoms with Crippen LogP contribution in [0.25, 0.3) is 22.2 Å². The van der Waals surface area contributed by atoms with Gasteiger partial charge in [0.1, 0.15) is 11.9 Å². The topological polar surface area (TPSA) is 109 Å². The van der Waals surface area contributed by atoms with Gasteiger partial charge in [-0.25, -0.2) is 4.98 Å². The average Bonchev–Trinajstić information content (AvgIpc) is 3.35. The quantitative estimate of drug-likeness (QED) is 0.455. The fourth-order valence-electron chi connectivity index (χ4n) is 5.17. The molecule has 186 valence electrons. The summed E-state index contributed by atoms with van der Waals surface area (Å²) in [6, 6.07) is 17.2. The molecule has 0 saturated carbocycles. The van der Waals surface area contributed by atoms with Crippen molar-refractivity contribution in [2.45, 2.75) is 18.9 Å². The number of anilines is 3. The molecular formula is C28H27N7O2. The predicted molar refractivity (Wildman–Crippen MR) is 143 cm³/mol. The van der Waals surface area contributed by atoms with E-state index in [0.29, 0.717) is 18.5 Å². The Kier molecular flexibility index (Phi) is 5.88. The first-order valence-corrected chi connectivity index (χ1v) is 12.5. The third-order valence-corrected chi connectivity index (χ3v) is 7.18. The fraction of sp³-hybridized carbons (Fsp3) is 0.250. The molecule has 1 atom stereocenters. The van der Waals surface area contributed by atoms with Crippen LogP contribution in [0.3, 0.4) is 0 Å². The number of rotatable bonds is 5. The molecule has 2 fully saturated rings. The Morgan fingerprint density at radius 2 is 1.54 bits per heavy atom. The number of benzene rings is 2. The second kappa shape index (κ2) is 9.50. The Bertz CT molecular complexity index is 1450. The van der Waals surface area contributed by atoms with Gasteiger partial charge in [0.2, 0.25) is 11.8 Å².